The van der Waals surface area contributed by atoms with Crippen LogP contribution in [0.5, 0.6) is 0 Å². The Morgan fingerprint density at radius 3 is 1.82 bits per heavy atom. The highest BCUT2D eigenvalue weighted by Gasteiger charge is 2.45. The molecule has 6 aromatic carbocycles. The summed E-state index contributed by atoms with van der Waals surface area (Å²) in [4.78, 5) is 17.9. The SMILES string of the molecule is [C-]#[N+]C(=C=N)C1=C(c2c(N)ccc3cc4ccccc4cc23)C(=O)C1c1c(N)ccc2cc3ccccc3cc12. The topological polar surface area (TPSA) is 97.3 Å². The average Bonchev–Trinajstić information content (AvgIpc) is 2.98. The maximum Gasteiger partial charge on any atom is 0.251 e. The first-order chi connectivity index (χ1) is 19.5. The molecule has 5 heteroatoms. The Hall–Kier alpha value is -5.69. The van der Waals surface area contributed by atoms with Crippen molar-refractivity contribution < 1.29 is 4.79 Å². The number of benzene rings is 6. The van der Waals surface area contributed by atoms with E-state index in [9.17, 15) is 4.79 Å². The first-order valence-corrected chi connectivity index (χ1v) is 12.9. The zero-order valence-electron chi connectivity index (χ0n) is 21.3. The van der Waals surface area contributed by atoms with Crippen molar-refractivity contribution in [3.05, 3.63) is 131 Å². The Morgan fingerprint density at radius 1 is 0.725 bits per heavy atom. The van der Waals surface area contributed by atoms with E-state index in [4.69, 9.17) is 23.4 Å². The lowest BCUT2D eigenvalue weighted by molar-refractivity contribution is -0.115. The molecule has 7 rings (SSSR count). The molecule has 5 N–H and O–H groups in total. The summed E-state index contributed by atoms with van der Waals surface area (Å²) in [7, 11) is 0. The largest absolute Gasteiger partial charge is 0.398 e. The van der Waals surface area contributed by atoms with Crippen LogP contribution in [-0.2, 0) is 4.79 Å². The highest BCUT2D eigenvalue weighted by Crippen LogP contribution is 2.53. The molecule has 0 aromatic heterocycles. The molecule has 1 aliphatic rings. The Balaban J connectivity index is 1.55. The van der Waals surface area contributed by atoms with E-state index < -0.39 is 5.92 Å². The Kier molecular flexibility index (Phi) is 5.08. The molecule has 0 amide bonds. The van der Waals surface area contributed by atoms with Crippen LogP contribution in [0.2, 0.25) is 0 Å². The van der Waals surface area contributed by atoms with E-state index in [0.29, 0.717) is 33.6 Å². The minimum Gasteiger partial charge on any atom is -0.398 e. The summed E-state index contributed by atoms with van der Waals surface area (Å²) in [5.74, 6) is 1.31. The van der Waals surface area contributed by atoms with Crippen LogP contribution in [0.4, 0.5) is 11.4 Å². The molecule has 0 spiro atoms. The Morgan fingerprint density at radius 2 is 1.25 bits per heavy atom. The summed E-state index contributed by atoms with van der Waals surface area (Å²) in [5, 5.41) is 15.7. The number of allylic oxidation sites excluding steroid dienone is 2. The maximum atomic E-state index is 14.3. The zero-order valence-corrected chi connectivity index (χ0v) is 21.3. The molecular formula is C35H22N4O. The fourth-order valence-corrected chi connectivity index (χ4v) is 6.10. The normalized spacial score (nSPS) is 14.9. The molecule has 0 heterocycles. The van der Waals surface area contributed by atoms with Gasteiger partial charge in [0.2, 0.25) is 0 Å². The molecule has 0 radical (unpaired) electrons. The van der Waals surface area contributed by atoms with E-state index >= 15 is 0 Å². The van der Waals surface area contributed by atoms with E-state index in [1.807, 2.05) is 72.8 Å². The lowest BCUT2D eigenvalue weighted by Crippen LogP contribution is -2.30. The van der Waals surface area contributed by atoms with Crippen molar-refractivity contribution >= 4 is 71.7 Å². The number of rotatable bonds is 3. The number of nitrogen functional groups attached to an aromatic ring is 2. The first-order valence-electron chi connectivity index (χ1n) is 12.9. The van der Waals surface area contributed by atoms with Gasteiger partial charge in [-0.2, -0.15) is 0 Å². The second-order valence-corrected chi connectivity index (χ2v) is 10.1. The lowest BCUT2D eigenvalue weighted by Gasteiger charge is -2.34. The molecule has 0 fully saturated rings. The predicted octanol–water partition coefficient (Wildman–Crippen LogP) is 7.64. The van der Waals surface area contributed by atoms with E-state index in [2.05, 4.69) is 22.8 Å². The van der Waals surface area contributed by atoms with Crippen molar-refractivity contribution in [3.8, 4) is 0 Å². The van der Waals surface area contributed by atoms with Gasteiger partial charge in [0.15, 0.2) is 5.78 Å². The number of nitrogens with one attached hydrogen (secondary N) is 1. The quantitative estimate of drug-likeness (QED) is 0.0980. The van der Waals surface area contributed by atoms with Crippen LogP contribution < -0.4 is 11.5 Å². The number of fused-ring (bicyclic) bond motifs is 4. The molecule has 0 saturated carbocycles. The maximum absolute atomic E-state index is 14.3. The van der Waals surface area contributed by atoms with Crippen molar-refractivity contribution in [2.75, 3.05) is 11.5 Å². The number of hydrogen-bond donors (Lipinski definition) is 3. The highest BCUT2D eigenvalue weighted by atomic mass is 16.1. The molecule has 1 unspecified atom stereocenters. The summed E-state index contributed by atoms with van der Waals surface area (Å²) in [6, 6.07) is 31.8. The van der Waals surface area contributed by atoms with Crippen LogP contribution in [0.1, 0.15) is 17.0 Å². The number of carbonyl (C=O) groups is 1. The van der Waals surface area contributed by atoms with Crippen LogP contribution >= 0.6 is 0 Å². The molecule has 0 bridgehead atoms. The molecule has 0 aliphatic heterocycles. The minimum absolute atomic E-state index is 0.0195. The molecule has 6 aromatic rings. The number of hydrogen-bond acceptors (Lipinski definition) is 4. The number of ketones is 1. The lowest BCUT2D eigenvalue weighted by atomic mass is 9.66. The third-order valence-corrected chi connectivity index (χ3v) is 7.97. The monoisotopic (exact) mass is 514 g/mol. The van der Waals surface area contributed by atoms with Gasteiger partial charge < -0.3 is 11.5 Å². The third-order valence-electron chi connectivity index (χ3n) is 7.97. The second-order valence-electron chi connectivity index (χ2n) is 10.1. The average molecular weight is 515 g/mol. The number of carbonyl (C=O) groups excluding carboxylic acids is 1. The van der Waals surface area contributed by atoms with Crippen molar-refractivity contribution in [1.29, 1.82) is 5.41 Å². The van der Waals surface area contributed by atoms with E-state index in [1.165, 1.54) is 0 Å². The van der Waals surface area contributed by atoms with Crippen molar-refractivity contribution in [3.63, 3.8) is 0 Å². The van der Waals surface area contributed by atoms with Crippen molar-refractivity contribution in [2.24, 2.45) is 0 Å². The fourth-order valence-electron chi connectivity index (χ4n) is 6.10. The predicted molar refractivity (Wildman–Crippen MR) is 164 cm³/mol. The standard InChI is InChI=1S/C35H22N4O/c1-39-29(18-36)32-33(30-25-16-21-8-4-2-6-19(21)14-23(25)10-12-27(30)37)35(40)34(32)31-26-17-22-9-5-3-7-20(22)15-24(26)11-13-28(31)38/h2-17,33,36H,37-38H2. The number of nitrogens with zero attached hydrogens (tertiary/aromatic N) is 1. The third kappa shape index (κ3) is 3.28. The van der Waals surface area contributed by atoms with Crippen LogP contribution in [0.25, 0.3) is 53.5 Å². The van der Waals surface area contributed by atoms with E-state index in [-0.39, 0.29) is 11.5 Å². The molecule has 1 aliphatic carbocycles. The first kappa shape index (κ1) is 23.4. The van der Waals surface area contributed by atoms with E-state index in [1.54, 1.807) is 12.1 Å². The number of anilines is 2. The van der Waals surface area contributed by atoms with Crippen molar-refractivity contribution in [1.82, 2.24) is 0 Å². The molecule has 5 nitrogen and oxygen atoms in total. The smallest absolute Gasteiger partial charge is 0.251 e. The van der Waals surface area contributed by atoms with Gasteiger partial charge in [-0.15, -0.1) is 0 Å². The van der Waals surface area contributed by atoms with Gasteiger partial charge in [0.1, 0.15) is 0 Å². The van der Waals surface area contributed by atoms with Gasteiger partial charge in [-0.25, -0.2) is 4.85 Å². The molecule has 188 valence electrons. The van der Waals surface area contributed by atoms with Crippen LogP contribution in [0.15, 0.2) is 108 Å². The zero-order chi connectivity index (χ0) is 27.5. The van der Waals surface area contributed by atoms with Gasteiger partial charge in [-0.05, 0) is 96.5 Å². The molecule has 1 atom stereocenters. The van der Waals surface area contributed by atoms with Gasteiger partial charge in [-0.1, -0.05) is 60.7 Å². The van der Waals surface area contributed by atoms with Crippen LogP contribution in [0.3, 0.4) is 0 Å². The highest BCUT2D eigenvalue weighted by molar-refractivity contribution is 6.38. The summed E-state index contributed by atoms with van der Waals surface area (Å²) in [6.07, 6.45) is 0. The Labute approximate surface area is 230 Å². The Bertz CT molecular complexity index is 2230. The van der Waals surface area contributed by atoms with Crippen LogP contribution in [0, 0.1) is 12.0 Å². The molecule has 0 saturated heterocycles. The second kappa shape index (κ2) is 8.68. The van der Waals surface area contributed by atoms with Gasteiger partial charge >= 0.3 is 0 Å². The number of Topliss-reactive ketones (excluding diaryl/α,β-unsaturated/α-hetero) is 1. The summed E-state index contributed by atoms with van der Waals surface area (Å²) in [6.45, 7) is 7.84. The van der Waals surface area contributed by atoms with Gasteiger partial charge in [0.25, 0.3) is 5.70 Å². The summed E-state index contributed by atoms with van der Waals surface area (Å²) < 4.78 is 0. The molecule has 40 heavy (non-hydrogen) atoms. The molecular weight excluding hydrogens is 492 g/mol. The van der Waals surface area contributed by atoms with Gasteiger partial charge in [-0.3, -0.25) is 10.2 Å². The summed E-state index contributed by atoms with van der Waals surface area (Å²) >= 11 is 0. The number of nitrogens with two attached hydrogens (primary N) is 2. The van der Waals surface area contributed by atoms with E-state index in [0.717, 1.165) is 43.1 Å². The van der Waals surface area contributed by atoms with Gasteiger partial charge in [0.05, 0.1) is 12.5 Å². The van der Waals surface area contributed by atoms with Gasteiger partial charge in [0, 0.05) is 22.5 Å². The fraction of sp³-hybridized carbons (Fsp3) is 0.0286. The summed E-state index contributed by atoms with van der Waals surface area (Å²) in [5.41, 5.74) is 16.0. The van der Waals surface area contributed by atoms with Crippen LogP contribution in [-0.4, -0.2) is 11.7 Å². The van der Waals surface area contributed by atoms with Crippen molar-refractivity contribution in [2.45, 2.75) is 5.92 Å². The minimum atomic E-state index is -0.808.